The van der Waals surface area contributed by atoms with Gasteiger partial charge in [0, 0.05) is 29.3 Å². The van der Waals surface area contributed by atoms with Gasteiger partial charge in [-0.2, -0.15) is 0 Å². The topological polar surface area (TPSA) is 68.9 Å². The zero-order valence-corrected chi connectivity index (χ0v) is 19.4. The number of fused-ring (bicyclic) bond motifs is 1. The molecule has 36 heavy (non-hydrogen) atoms. The molecule has 0 aliphatic rings. The molecule has 6 nitrogen and oxygen atoms in total. The molecule has 0 saturated carbocycles. The summed E-state index contributed by atoms with van der Waals surface area (Å²) < 4.78 is 30.5. The van der Waals surface area contributed by atoms with Crippen molar-refractivity contribution in [3.63, 3.8) is 0 Å². The van der Waals surface area contributed by atoms with Crippen LogP contribution in [0.4, 0.5) is 14.6 Å². The van der Waals surface area contributed by atoms with Crippen molar-refractivity contribution in [3.05, 3.63) is 113 Å². The van der Waals surface area contributed by atoms with Crippen LogP contribution in [0.5, 0.6) is 0 Å². The van der Waals surface area contributed by atoms with Gasteiger partial charge in [-0.25, -0.2) is 13.8 Å². The van der Waals surface area contributed by atoms with Gasteiger partial charge in [0.1, 0.15) is 11.6 Å². The van der Waals surface area contributed by atoms with Crippen molar-refractivity contribution in [3.8, 4) is 16.9 Å². The largest absolute Gasteiger partial charge is 0.317 e. The fourth-order valence-electron chi connectivity index (χ4n) is 4.17. The standard InChI is InChI=1S/C28H22F2N4O2/c1-2-26(35)32-27-28(36)34(25(16-31-27)18-6-8-20(29)9-7-18)17-19-4-3-5-24-23(19)14-15-33(24)22-12-10-21(30)11-13-22/h3-16H,2,17H2,1H3,(H,31,32,35). The summed E-state index contributed by atoms with van der Waals surface area (Å²) in [6.45, 7) is 1.88. The first kappa shape index (κ1) is 23.2. The summed E-state index contributed by atoms with van der Waals surface area (Å²) in [4.78, 5) is 29.6. The Balaban J connectivity index is 1.63. The Labute approximate surface area is 205 Å². The second-order valence-electron chi connectivity index (χ2n) is 8.30. The predicted octanol–water partition coefficient (Wildman–Crippen LogP) is 5.53. The van der Waals surface area contributed by atoms with Crippen LogP contribution in [0.15, 0.2) is 90.0 Å². The third-order valence-corrected chi connectivity index (χ3v) is 6.03. The molecule has 0 radical (unpaired) electrons. The van der Waals surface area contributed by atoms with Crippen molar-refractivity contribution in [1.29, 1.82) is 0 Å². The molecule has 0 bridgehead atoms. The third-order valence-electron chi connectivity index (χ3n) is 6.03. The molecule has 1 N–H and O–H groups in total. The Morgan fingerprint density at radius 2 is 1.64 bits per heavy atom. The SMILES string of the molecule is CCC(=O)Nc1ncc(-c2ccc(F)cc2)n(Cc2cccc3c2ccn3-c2ccc(F)cc2)c1=O. The summed E-state index contributed by atoms with van der Waals surface area (Å²) in [7, 11) is 0. The lowest BCUT2D eigenvalue weighted by molar-refractivity contribution is -0.115. The number of amides is 1. The van der Waals surface area contributed by atoms with E-state index in [0.29, 0.717) is 11.3 Å². The van der Waals surface area contributed by atoms with Crippen LogP contribution in [0.2, 0.25) is 0 Å². The number of nitrogens with zero attached hydrogens (tertiary/aromatic N) is 3. The summed E-state index contributed by atoms with van der Waals surface area (Å²) in [5.41, 5.74) is 3.20. The summed E-state index contributed by atoms with van der Waals surface area (Å²) in [5, 5.41) is 3.47. The van der Waals surface area contributed by atoms with Gasteiger partial charge >= 0.3 is 0 Å². The second-order valence-corrected chi connectivity index (χ2v) is 8.30. The molecule has 0 aliphatic heterocycles. The molecule has 8 heteroatoms. The predicted molar refractivity (Wildman–Crippen MR) is 135 cm³/mol. The minimum Gasteiger partial charge on any atom is -0.317 e. The third kappa shape index (κ3) is 4.40. The quantitative estimate of drug-likeness (QED) is 0.345. The maximum absolute atomic E-state index is 13.6. The van der Waals surface area contributed by atoms with Crippen molar-refractivity contribution >= 4 is 22.6 Å². The molecule has 0 aliphatic carbocycles. The summed E-state index contributed by atoms with van der Waals surface area (Å²) in [5.74, 6) is -1.09. The van der Waals surface area contributed by atoms with E-state index < -0.39 is 5.56 Å². The average molecular weight is 485 g/mol. The molecule has 2 aromatic heterocycles. The normalized spacial score (nSPS) is 11.1. The number of aromatic nitrogens is 3. The van der Waals surface area contributed by atoms with Gasteiger partial charge in [0.2, 0.25) is 5.91 Å². The van der Waals surface area contributed by atoms with E-state index >= 15 is 0 Å². The first-order valence-electron chi connectivity index (χ1n) is 11.4. The maximum Gasteiger partial charge on any atom is 0.294 e. The van der Waals surface area contributed by atoms with Crippen LogP contribution in [0, 0.1) is 11.6 Å². The van der Waals surface area contributed by atoms with E-state index in [9.17, 15) is 18.4 Å². The van der Waals surface area contributed by atoms with Crippen molar-refractivity contribution in [2.75, 3.05) is 5.32 Å². The van der Waals surface area contributed by atoms with Gasteiger partial charge in [-0.05, 0) is 66.2 Å². The maximum atomic E-state index is 13.6. The summed E-state index contributed by atoms with van der Waals surface area (Å²) >= 11 is 0. The van der Waals surface area contributed by atoms with Crippen LogP contribution in [0.25, 0.3) is 27.8 Å². The monoisotopic (exact) mass is 484 g/mol. The van der Waals surface area contributed by atoms with Gasteiger partial charge in [-0.3, -0.25) is 14.2 Å². The number of nitrogens with one attached hydrogen (secondary N) is 1. The van der Waals surface area contributed by atoms with Gasteiger partial charge in [0.15, 0.2) is 5.82 Å². The number of rotatable bonds is 6. The lowest BCUT2D eigenvalue weighted by atomic mass is 10.1. The smallest absolute Gasteiger partial charge is 0.294 e. The van der Waals surface area contributed by atoms with E-state index in [0.717, 1.165) is 22.2 Å². The lowest BCUT2D eigenvalue weighted by Crippen LogP contribution is -2.28. The van der Waals surface area contributed by atoms with Gasteiger partial charge in [0.05, 0.1) is 24.0 Å². The number of halogens is 2. The minimum atomic E-state index is -0.464. The molecule has 5 rings (SSSR count). The van der Waals surface area contributed by atoms with Crippen LogP contribution in [0.1, 0.15) is 18.9 Å². The van der Waals surface area contributed by atoms with Crippen LogP contribution >= 0.6 is 0 Å². The van der Waals surface area contributed by atoms with Crippen molar-refractivity contribution in [1.82, 2.24) is 14.1 Å². The highest BCUT2D eigenvalue weighted by atomic mass is 19.1. The molecular weight excluding hydrogens is 462 g/mol. The zero-order valence-electron chi connectivity index (χ0n) is 19.4. The van der Waals surface area contributed by atoms with Crippen LogP contribution < -0.4 is 10.9 Å². The van der Waals surface area contributed by atoms with E-state index in [2.05, 4.69) is 10.3 Å². The molecule has 0 fully saturated rings. The second kappa shape index (κ2) is 9.58. The summed E-state index contributed by atoms with van der Waals surface area (Å²) in [6.07, 6.45) is 3.60. The van der Waals surface area contributed by atoms with Gasteiger partial charge in [0.25, 0.3) is 5.56 Å². The number of carbonyl (C=O) groups excluding carboxylic acids is 1. The Hall–Kier alpha value is -4.59. The Morgan fingerprint density at radius 3 is 2.33 bits per heavy atom. The number of hydrogen-bond donors (Lipinski definition) is 1. The minimum absolute atomic E-state index is 0.0660. The zero-order chi connectivity index (χ0) is 25.2. The van der Waals surface area contributed by atoms with Gasteiger partial charge in [-0.1, -0.05) is 19.1 Å². The number of anilines is 1. The molecule has 1 amide bonds. The Bertz CT molecular complexity index is 1620. The van der Waals surface area contributed by atoms with Gasteiger partial charge in [-0.15, -0.1) is 0 Å². The van der Waals surface area contributed by atoms with Crippen molar-refractivity contribution in [2.24, 2.45) is 0 Å². The number of carbonyl (C=O) groups is 1. The molecule has 0 saturated heterocycles. The Kier molecular flexibility index (Phi) is 6.16. The van der Waals surface area contributed by atoms with E-state index in [1.54, 1.807) is 31.2 Å². The lowest BCUT2D eigenvalue weighted by Gasteiger charge is -2.16. The van der Waals surface area contributed by atoms with E-state index in [1.165, 1.54) is 35.0 Å². The first-order chi connectivity index (χ1) is 17.4. The van der Waals surface area contributed by atoms with Crippen LogP contribution in [-0.2, 0) is 11.3 Å². The molecule has 0 spiro atoms. The highest BCUT2D eigenvalue weighted by Crippen LogP contribution is 2.26. The van der Waals surface area contributed by atoms with E-state index in [-0.39, 0.29) is 36.3 Å². The molecular formula is C28H22F2N4O2. The molecule has 5 aromatic rings. The summed E-state index contributed by atoms with van der Waals surface area (Å²) in [6, 6.07) is 19.7. The highest BCUT2D eigenvalue weighted by molar-refractivity contribution is 5.89. The van der Waals surface area contributed by atoms with Crippen molar-refractivity contribution < 1.29 is 13.6 Å². The van der Waals surface area contributed by atoms with E-state index in [4.69, 9.17) is 0 Å². The number of benzene rings is 3. The fourth-order valence-corrected chi connectivity index (χ4v) is 4.17. The average Bonchev–Trinajstić information content (AvgIpc) is 3.32. The molecule has 180 valence electrons. The molecule has 0 unspecified atom stereocenters. The fraction of sp³-hybridized carbons (Fsp3) is 0.107. The molecule has 2 heterocycles. The number of hydrogen-bond acceptors (Lipinski definition) is 3. The Morgan fingerprint density at radius 1 is 0.944 bits per heavy atom. The van der Waals surface area contributed by atoms with Gasteiger partial charge < -0.3 is 9.88 Å². The molecule has 3 aromatic carbocycles. The molecule has 0 atom stereocenters. The first-order valence-corrected chi connectivity index (χ1v) is 11.4. The van der Waals surface area contributed by atoms with Crippen LogP contribution in [-0.4, -0.2) is 20.0 Å². The van der Waals surface area contributed by atoms with E-state index in [1.807, 2.05) is 35.0 Å². The van der Waals surface area contributed by atoms with Crippen LogP contribution in [0.3, 0.4) is 0 Å². The highest BCUT2D eigenvalue weighted by Gasteiger charge is 2.16. The van der Waals surface area contributed by atoms with Crippen molar-refractivity contribution in [2.45, 2.75) is 19.9 Å².